The Kier molecular flexibility index (Phi) is 10.2. The largest absolute Gasteiger partial charge is 0.339 e. The second-order valence-corrected chi connectivity index (χ2v) is 11.8. The number of nitrogens with one attached hydrogen (secondary N) is 2. The highest BCUT2D eigenvalue weighted by Crippen LogP contribution is 2.27. The molecule has 1 aromatic heterocycles. The van der Waals surface area contributed by atoms with Gasteiger partial charge in [0.15, 0.2) is 0 Å². The van der Waals surface area contributed by atoms with Crippen molar-refractivity contribution in [3.8, 4) is 0 Å². The third-order valence-corrected chi connectivity index (χ3v) is 8.67. The SMILES string of the molecule is Cn1nccc1C(=O)NC(C(=O)Nc1ccc(C[C@@H](N)C(=O)N2CCN(Cc3ccccc3)CC2)cc1)C1CCCCC1. The number of aryl methyl sites for hydroxylation is 1. The van der Waals surface area contributed by atoms with E-state index in [9.17, 15) is 14.4 Å². The molecule has 10 heteroatoms. The van der Waals surface area contributed by atoms with Gasteiger partial charge in [0.1, 0.15) is 11.7 Å². The zero-order chi connectivity index (χ0) is 30.2. The predicted molar refractivity (Wildman–Crippen MR) is 166 cm³/mol. The molecule has 1 aliphatic heterocycles. The summed E-state index contributed by atoms with van der Waals surface area (Å²) in [5.74, 6) is -0.489. The molecule has 2 heterocycles. The van der Waals surface area contributed by atoms with Crippen molar-refractivity contribution in [3.05, 3.63) is 83.7 Å². The molecule has 1 saturated heterocycles. The second kappa shape index (κ2) is 14.4. The number of nitrogens with zero attached hydrogens (tertiary/aromatic N) is 4. The molecule has 2 atom stereocenters. The molecule has 1 aliphatic carbocycles. The van der Waals surface area contributed by atoms with Crippen LogP contribution in [0.2, 0.25) is 0 Å². The van der Waals surface area contributed by atoms with Crippen LogP contribution < -0.4 is 16.4 Å². The molecular formula is C33H43N7O3. The average molecular weight is 586 g/mol. The standard InChI is InChI=1S/C33H43N7O3/c1-38-29(16-17-35-38)31(41)37-30(26-10-6-3-7-11-26)32(42)36-27-14-12-24(13-15-27)22-28(34)33(43)40-20-18-39(19-21-40)23-25-8-4-2-5-9-25/h2,4-5,8-9,12-17,26,28,30H,3,6-7,10-11,18-23,34H2,1H3,(H,36,42)(H,37,41)/t28-,30?/m1/s1. The maximum atomic E-state index is 13.4. The van der Waals surface area contributed by atoms with Crippen LogP contribution in [0.4, 0.5) is 5.69 Å². The van der Waals surface area contributed by atoms with Crippen molar-refractivity contribution in [1.29, 1.82) is 0 Å². The first kappa shape index (κ1) is 30.4. The molecule has 228 valence electrons. The Labute approximate surface area is 253 Å². The van der Waals surface area contributed by atoms with E-state index in [4.69, 9.17) is 5.73 Å². The van der Waals surface area contributed by atoms with E-state index in [2.05, 4.69) is 32.8 Å². The Morgan fingerprint density at radius 3 is 2.26 bits per heavy atom. The van der Waals surface area contributed by atoms with Gasteiger partial charge in [0.2, 0.25) is 11.8 Å². The van der Waals surface area contributed by atoms with Gasteiger partial charge in [0, 0.05) is 51.7 Å². The molecule has 2 fully saturated rings. The molecule has 4 N–H and O–H groups in total. The van der Waals surface area contributed by atoms with Crippen LogP contribution in [0.25, 0.3) is 0 Å². The third-order valence-electron chi connectivity index (χ3n) is 8.67. The molecular weight excluding hydrogens is 542 g/mol. The third kappa shape index (κ3) is 8.09. The van der Waals surface area contributed by atoms with Crippen molar-refractivity contribution < 1.29 is 14.4 Å². The quantitative estimate of drug-likeness (QED) is 0.336. The topological polar surface area (TPSA) is 126 Å². The number of aromatic nitrogens is 2. The number of hydrogen-bond donors (Lipinski definition) is 3. The van der Waals surface area contributed by atoms with Gasteiger partial charge in [0.25, 0.3) is 5.91 Å². The van der Waals surface area contributed by atoms with E-state index < -0.39 is 12.1 Å². The van der Waals surface area contributed by atoms with E-state index in [1.807, 2.05) is 47.4 Å². The highest BCUT2D eigenvalue weighted by Gasteiger charge is 2.32. The summed E-state index contributed by atoms with van der Waals surface area (Å²) >= 11 is 0. The summed E-state index contributed by atoms with van der Waals surface area (Å²) in [5, 5.41) is 10.0. The van der Waals surface area contributed by atoms with Crippen LogP contribution in [0.15, 0.2) is 66.9 Å². The van der Waals surface area contributed by atoms with Gasteiger partial charge in [0.05, 0.1) is 6.04 Å². The molecule has 10 nitrogen and oxygen atoms in total. The maximum absolute atomic E-state index is 13.4. The van der Waals surface area contributed by atoms with E-state index in [1.165, 1.54) is 10.2 Å². The monoisotopic (exact) mass is 585 g/mol. The normalized spacial score (nSPS) is 17.7. The van der Waals surface area contributed by atoms with Crippen LogP contribution in [-0.2, 0) is 29.6 Å². The number of hydrogen-bond acceptors (Lipinski definition) is 6. The first-order valence-corrected chi connectivity index (χ1v) is 15.4. The fourth-order valence-electron chi connectivity index (χ4n) is 6.16. The first-order valence-electron chi connectivity index (χ1n) is 15.4. The number of rotatable bonds is 10. The van der Waals surface area contributed by atoms with Gasteiger partial charge in [-0.3, -0.25) is 24.0 Å². The lowest BCUT2D eigenvalue weighted by Crippen LogP contribution is -2.53. The van der Waals surface area contributed by atoms with E-state index in [0.29, 0.717) is 30.9 Å². The number of benzene rings is 2. The van der Waals surface area contributed by atoms with Gasteiger partial charge in [-0.25, -0.2) is 0 Å². The minimum Gasteiger partial charge on any atom is -0.339 e. The maximum Gasteiger partial charge on any atom is 0.270 e. The van der Waals surface area contributed by atoms with Gasteiger partial charge in [-0.2, -0.15) is 5.10 Å². The fourth-order valence-corrected chi connectivity index (χ4v) is 6.16. The fraction of sp³-hybridized carbons (Fsp3) is 0.455. The van der Waals surface area contributed by atoms with Gasteiger partial charge in [-0.05, 0) is 54.5 Å². The summed E-state index contributed by atoms with van der Waals surface area (Å²) in [4.78, 5) is 43.7. The molecule has 1 unspecified atom stereocenters. The smallest absolute Gasteiger partial charge is 0.270 e. The molecule has 0 radical (unpaired) electrons. The number of nitrogens with two attached hydrogens (primary N) is 1. The molecule has 2 aliphatic rings. The van der Waals surface area contributed by atoms with E-state index >= 15 is 0 Å². The molecule has 0 bridgehead atoms. The van der Waals surface area contributed by atoms with Crippen molar-refractivity contribution in [1.82, 2.24) is 24.9 Å². The van der Waals surface area contributed by atoms with Crippen molar-refractivity contribution in [2.75, 3.05) is 31.5 Å². The summed E-state index contributed by atoms with van der Waals surface area (Å²) in [6.45, 7) is 3.88. The number of carbonyl (C=O) groups excluding carboxylic acids is 3. The zero-order valence-electron chi connectivity index (χ0n) is 25.0. The minimum absolute atomic E-state index is 0.0313. The molecule has 3 amide bonds. The Hall–Kier alpha value is -4.02. The lowest BCUT2D eigenvalue weighted by molar-refractivity contribution is -0.134. The van der Waals surface area contributed by atoms with E-state index in [1.54, 1.807) is 19.3 Å². The molecule has 1 saturated carbocycles. The van der Waals surface area contributed by atoms with Crippen LogP contribution in [0.1, 0.15) is 53.7 Å². The molecule has 3 aromatic rings. The Balaban J connectivity index is 1.13. The van der Waals surface area contributed by atoms with Crippen LogP contribution in [-0.4, -0.2) is 75.6 Å². The van der Waals surface area contributed by atoms with Crippen molar-refractivity contribution in [2.24, 2.45) is 18.7 Å². The lowest BCUT2D eigenvalue weighted by Gasteiger charge is -2.36. The minimum atomic E-state index is -0.637. The molecule has 2 aromatic carbocycles. The predicted octanol–water partition coefficient (Wildman–Crippen LogP) is 2.95. The van der Waals surface area contributed by atoms with Crippen LogP contribution in [0.5, 0.6) is 0 Å². The lowest BCUT2D eigenvalue weighted by atomic mass is 9.83. The Bertz CT molecular complexity index is 1360. The Morgan fingerprint density at radius 2 is 1.60 bits per heavy atom. The first-order chi connectivity index (χ1) is 20.9. The zero-order valence-corrected chi connectivity index (χ0v) is 25.0. The van der Waals surface area contributed by atoms with Gasteiger partial charge in [-0.1, -0.05) is 61.7 Å². The molecule has 0 spiro atoms. The van der Waals surface area contributed by atoms with Crippen LogP contribution >= 0.6 is 0 Å². The summed E-state index contributed by atoms with van der Waals surface area (Å²) < 4.78 is 1.51. The van der Waals surface area contributed by atoms with Crippen molar-refractivity contribution >= 4 is 23.4 Å². The summed E-state index contributed by atoms with van der Waals surface area (Å²) in [5.41, 5.74) is 9.61. The van der Waals surface area contributed by atoms with Crippen molar-refractivity contribution in [2.45, 2.75) is 57.2 Å². The van der Waals surface area contributed by atoms with Gasteiger partial charge < -0.3 is 21.3 Å². The average Bonchev–Trinajstić information content (AvgIpc) is 3.47. The van der Waals surface area contributed by atoms with Gasteiger partial charge in [-0.15, -0.1) is 0 Å². The van der Waals surface area contributed by atoms with E-state index in [-0.39, 0.29) is 23.6 Å². The number of anilines is 1. The number of carbonyl (C=O) groups is 3. The van der Waals surface area contributed by atoms with Crippen LogP contribution in [0, 0.1) is 5.92 Å². The summed E-state index contributed by atoms with van der Waals surface area (Å²) in [6.07, 6.45) is 7.03. The summed E-state index contributed by atoms with van der Waals surface area (Å²) in [7, 11) is 1.71. The molecule has 43 heavy (non-hydrogen) atoms. The second-order valence-electron chi connectivity index (χ2n) is 11.8. The molecule has 5 rings (SSSR count). The Morgan fingerprint density at radius 1 is 0.907 bits per heavy atom. The van der Waals surface area contributed by atoms with E-state index in [0.717, 1.165) is 57.3 Å². The highest BCUT2D eigenvalue weighted by molar-refractivity contribution is 6.00. The van der Waals surface area contributed by atoms with Crippen LogP contribution in [0.3, 0.4) is 0 Å². The van der Waals surface area contributed by atoms with Crippen molar-refractivity contribution in [3.63, 3.8) is 0 Å². The summed E-state index contributed by atoms with van der Waals surface area (Å²) in [6, 6.07) is 18.2. The number of piperazine rings is 1. The van der Waals surface area contributed by atoms with Gasteiger partial charge >= 0.3 is 0 Å². The number of amides is 3. The highest BCUT2D eigenvalue weighted by atomic mass is 16.2.